The predicted molar refractivity (Wildman–Crippen MR) is 277 cm³/mol. The zero-order valence-electron chi connectivity index (χ0n) is 43.2. The highest BCUT2D eigenvalue weighted by molar-refractivity contribution is 4.84. The van der Waals surface area contributed by atoms with E-state index in [1.807, 2.05) is 41.5 Å². The Balaban J connectivity index is -0.000000308. The van der Waals surface area contributed by atoms with Crippen LogP contribution in [0.3, 0.4) is 0 Å². The van der Waals surface area contributed by atoms with E-state index in [1.165, 1.54) is 206 Å². The summed E-state index contributed by atoms with van der Waals surface area (Å²) in [5.74, 6) is 6.87. The predicted octanol–water partition coefficient (Wildman–Crippen LogP) is 19.1. The van der Waals surface area contributed by atoms with Gasteiger partial charge in [-0.2, -0.15) is 0 Å². The summed E-state index contributed by atoms with van der Waals surface area (Å²) in [6, 6.07) is 0. The smallest absolute Gasteiger partial charge is 0 e. The second kappa shape index (κ2) is 61.2. The van der Waals surface area contributed by atoms with Crippen molar-refractivity contribution >= 4 is 0 Å². The van der Waals surface area contributed by atoms with Crippen LogP contribution >= 0.6 is 0 Å². The van der Waals surface area contributed by atoms with Crippen LogP contribution < -0.4 is 5.32 Å². The first kappa shape index (κ1) is 72.3. The number of nitrogens with one attached hydrogen (secondary N) is 1. The van der Waals surface area contributed by atoms with Gasteiger partial charge in [0.2, 0.25) is 0 Å². The lowest BCUT2D eigenvalue weighted by Gasteiger charge is -2.16. The van der Waals surface area contributed by atoms with E-state index >= 15 is 0 Å². The number of unbranched alkanes of at least 4 members (excludes halogenated alkanes) is 9. The molecule has 1 aliphatic rings. The fourth-order valence-electron chi connectivity index (χ4n) is 8.30. The Morgan fingerprint density at radius 2 is 0.690 bits per heavy atom. The highest BCUT2D eigenvalue weighted by Crippen LogP contribution is 2.44. The summed E-state index contributed by atoms with van der Waals surface area (Å²) in [5.41, 5.74) is 0. The van der Waals surface area contributed by atoms with Crippen molar-refractivity contribution in [2.75, 3.05) is 13.1 Å². The molecule has 6 unspecified atom stereocenters. The van der Waals surface area contributed by atoms with Crippen LogP contribution in [0.4, 0.5) is 0 Å². The van der Waals surface area contributed by atoms with E-state index in [2.05, 4.69) is 67.6 Å². The van der Waals surface area contributed by atoms with Gasteiger partial charge in [-0.25, -0.2) is 0 Å². The lowest BCUT2D eigenvalue weighted by atomic mass is 9.90. The van der Waals surface area contributed by atoms with Gasteiger partial charge in [0.05, 0.1) is 0 Å². The monoisotopic (exact) mass is 834 g/mol. The molecule has 0 saturated heterocycles. The Kier molecular flexibility index (Phi) is 76.3. The zero-order valence-corrected chi connectivity index (χ0v) is 43.2. The maximum absolute atomic E-state index is 3.73. The Bertz CT molecular complexity index is 649. The lowest BCUT2D eigenvalue weighted by Crippen LogP contribution is -2.17. The summed E-state index contributed by atoms with van der Waals surface area (Å²) in [4.78, 5) is 0. The molecular formula is C55H127NO2. The SMILES string of the molecule is C.CC.CC.CC.CCC.CCCCCCCCC(C)CCCCCCNCCC[C@@H](C)CCCC(C)CCCCC(C)CCCC(C)CCCC1CC1CC.O.O.[HH]. The first-order valence-corrected chi connectivity index (χ1v) is 26.5. The van der Waals surface area contributed by atoms with E-state index in [4.69, 9.17) is 0 Å². The van der Waals surface area contributed by atoms with Crippen molar-refractivity contribution in [3.8, 4) is 0 Å². The summed E-state index contributed by atoms with van der Waals surface area (Å²) in [5, 5.41) is 3.73. The molecule has 1 fully saturated rings. The molecule has 1 saturated carbocycles. The van der Waals surface area contributed by atoms with E-state index in [0.717, 1.165) is 41.4 Å². The van der Waals surface area contributed by atoms with Gasteiger partial charge >= 0.3 is 0 Å². The summed E-state index contributed by atoms with van der Waals surface area (Å²) < 4.78 is 0. The van der Waals surface area contributed by atoms with Gasteiger partial charge in [-0.15, -0.1) is 0 Å². The van der Waals surface area contributed by atoms with Gasteiger partial charge in [0.25, 0.3) is 0 Å². The summed E-state index contributed by atoms with van der Waals surface area (Å²) in [6.07, 6.45) is 43.3. The van der Waals surface area contributed by atoms with Crippen molar-refractivity contribution in [1.82, 2.24) is 5.32 Å². The minimum atomic E-state index is 0. The van der Waals surface area contributed by atoms with E-state index in [0.29, 0.717) is 0 Å². The highest BCUT2D eigenvalue weighted by atomic mass is 16.0. The van der Waals surface area contributed by atoms with Gasteiger partial charge in [0, 0.05) is 1.43 Å². The minimum absolute atomic E-state index is 0. The highest BCUT2D eigenvalue weighted by Gasteiger charge is 2.34. The van der Waals surface area contributed by atoms with Crippen molar-refractivity contribution in [3.05, 3.63) is 0 Å². The van der Waals surface area contributed by atoms with Gasteiger partial charge in [-0.05, 0) is 80.2 Å². The van der Waals surface area contributed by atoms with E-state index < -0.39 is 0 Å². The van der Waals surface area contributed by atoms with Gasteiger partial charge in [-0.1, -0.05) is 278 Å². The number of rotatable bonds is 36. The van der Waals surface area contributed by atoms with Crippen molar-refractivity contribution in [1.29, 1.82) is 0 Å². The lowest BCUT2D eigenvalue weighted by molar-refractivity contribution is 0.372. The number of hydrogen-bond donors (Lipinski definition) is 1. The molecule has 0 amide bonds. The molecule has 1 rings (SSSR count). The standard InChI is InChI=1S/C45H91N.C3H8.3C2H6.CH4.2H2O.H2/c1-8-10-11-12-13-16-25-39(3)26-17-14-15-20-36-46-37-24-34-43(7)32-22-30-41(5)28-19-18-27-40(4)29-21-31-42(6)33-23-35-45-38-44(45)9-2;1-3-2;3*1-2;;;;/h39-46H,8-38H2,1-7H3;3H2,1-2H3;3*1-2H3;1H4;2*1H2;1H/t39?,40?,41?,42?,43-,44?,45?;;;;;;;;/m0......../s1. The van der Waals surface area contributed by atoms with Gasteiger partial charge in [0.15, 0.2) is 0 Å². The minimum Gasteiger partial charge on any atom is -0.412 e. The Morgan fingerprint density at radius 3 is 1.07 bits per heavy atom. The van der Waals surface area contributed by atoms with E-state index in [9.17, 15) is 0 Å². The fraction of sp³-hybridized carbons (Fsp3) is 1.00. The van der Waals surface area contributed by atoms with Crippen LogP contribution in [0.25, 0.3) is 0 Å². The van der Waals surface area contributed by atoms with Crippen LogP contribution in [0.1, 0.15) is 305 Å². The average Bonchev–Trinajstić information content (AvgIpc) is 3.96. The average molecular weight is 835 g/mol. The van der Waals surface area contributed by atoms with Crippen LogP contribution in [-0.2, 0) is 0 Å². The molecule has 7 atom stereocenters. The molecule has 0 bridgehead atoms. The Morgan fingerprint density at radius 1 is 0.397 bits per heavy atom. The van der Waals surface area contributed by atoms with Gasteiger partial charge < -0.3 is 16.3 Å². The summed E-state index contributed by atoms with van der Waals surface area (Å²) in [7, 11) is 0. The van der Waals surface area contributed by atoms with E-state index in [1.54, 1.807) is 0 Å². The van der Waals surface area contributed by atoms with Gasteiger partial charge in [0.1, 0.15) is 0 Å². The molecule has 0 aromatic heterocycles. The Hall–Kier alpha value is -0.120. The molecule has 3 nitrogen and oxygen atoms in total. The maximum Gasteiger partial charge on any atom is 0 e. The topological polar surface area (TPSA) is 75.0 Å². The normalized spacial score (nSPS) is 16.2. The first-order valence-electron chi connectivity index (χ1n) is 26.5. The zero-order chi connectivity index (χ0) is 42.4. The molecule has 0 aromatic rings. The van der Waals surface area contributed by atoms with Gasteiger partial charge in [-0.3, -0.25) is 0 Å². The molecule has 0 spiro atoms. The molecular weight excluding hydrogens is 707 g/mol. The Labute approximate surface area is 374 Å². The van der Waals surface area contributed by atoms with Crippen molar-refractivity contribution in [2.45, 2.75) is 304 Å². The van der Waals surface area contributed by atoms with Crippen molar-refractivity contribution < 1.29 is 12.4 Å². The fourth-order valence-corrected chi connectivity index (χ4v) is 8.30. The third-order valence-electron chi connectivity index (χ3n) is 12.2. The largest absolute Gasteiger partial charge is 0.412 e. The molecule has 58 heavy (non-hydrogen) atoms. The van der Waals surface area contributed by atoms with Crippen molar-refractivity contribution in [3.63, 3.8) is 0 Å². The summed E-state index contributed by atoms with van der Waals surface area (Å²) in [6.45, 7) is 35.9. The van der Waals surface area contributed by atoms with Crippen LogP contribution in [0, 0.1) is 41.4 Å². The molecule has 0 aliphatic heterocycles. The van der Waals surface area contributed by atoms with Crippen LogP contribution in [0.2, 0.25) is 0 Å². The molecule has 5 N–H and O–H groups in total. The number of hydrogen-bond acceptors (Lipinski definition) is 1. The van der Waals surface area contributed by atoms with Crippen molar-refractivity contribution in [2.24, 2.45) is 41.4 Å². The molecule has 1 aliphatic carbocycles. The third kappa shape index (κ3) is 58.0. The second-order valence-corrected chi connectivity index (χ2v) is 18.1. The quantitative estimate of drug-likeness (QED) is 0.0627. The van der Waals surface area contributed by atoms with Crippen LogP contribution in [0.5, 0.6) is 0 Å². The maximum atomic E-state index is 3.73. The molecule has 0 radical (unpaired) electrons. The first-order chi connectivity index (χ1) is 26.8. The molecule has 364 valence electrons. The molecule has 0 heterocycles. The molecule has 3 heteroatoms. The second-order valence-electron chi connectivity index (χ2n) is 18.1. The third-order valence-corrected chi connectivity index (χ3v) is 12.2. The summed E-state index contributed by atoms with van der Waals surface area (Å²) >= 11 is 0. The van der Waals surface area contributed by atoms with E-state index in [-0.39, 0.29) is 19.8 Å². The molecule has 0 aromatic carbocycles. The van der Waals surface area contributed by atoms with Crippen LogP contribution in [-0.4, -0.2) is 24.0 Å². The van der Waals surface area contributed by atoms with Crippen LogP contribution in [0.15, 0.2) is 0 Å².